The molecule has 2 N–H and O–H groups in total. The average Bonchev–Trinajstić information content (AvgIpc) is 2.81. The fourth-order valence-electron chi connectivity index (χ4n) is 2.21. The Morgan fingerprint density at radius 3 is 2.95 bits per heavy atom. The number of anilines is 1. The molecule has 0 amide bonds. The first-order valence-electron chi connectivity index (χ1n) is 6.13. The Balaban J connectivity index is 1.71. The summed E-state index contributed by atoms with van der Waals surface area (Å²) in [4.78, 5) is 1.37. The van der Waals surface area contributed by atoms with Crippen LogP contribution in [0.3, 0.4) is 0 Å². The quantitative estimate of drug-likeness (QED) is 0.849. The maximum Gasteiger partial charge on any atom is 0.142 e. The van der Waals surface area contributed by atoms with Crippen molar-refractivity contribution in [2.24, 2.45) is 0 Å². The third kappa shape index (κ3) is 2.74. The van der Waals surface area contributed by atoms with Crippen LogP contribution in [0.15, 0.2) is 51.8 Å². The lowest BCUT2D eigenvalue weighted by Gasteiger charge is -2.14. The van der Waals surface area contributed by atoms with E-state index in [1.165, 1.54) is 10.5 Å². The first-order valence-corrected chi connectivity index (χ1v) is 7.91. The molecule has 0 spiro atoms. The van der Waals surface area contributed by atoms with Gasteiger partial charge in [0, 0.05) is 21.0 Å². The molecule has 2 aromatic rings. The molecule has 0 saturated heterocycles. The normalized spacial score (nSPS) is 17.2. The summed E-state index contributed by atoms with van der Waals surface area (Å²) in [5.41, 5.74) is 8.01. The molecule has 1 unspecified atom stereocenters. The van der Waals surface area contributed by atoms with Gasteiger partial charge in [-0.05, 0) is 29.8 Å². The molecule has 0 saturated carbocycles. The molecule has 1 atom stereocenters. The minimum Gasteiger partial charge on any atom is -0.491 e. The van der Waals surface area contributed by atoms with Gasteiger partial charge in [-0.15, -0.1) is 11.8 Å². The van der Waals surface area contributed by atoms with Crippen LogP contribution in [-0.4, -0.2) is 12.4 Å². The van der Waals surface area contributed by atoms with Gasteiger partial charge in [0.2, 0.25) is 0 Å². The molecule has 0 bridgehead atoms. The summed E-state index contributed by atoms with van der Waals surface area (Å²) >= 11 is 5.30. The predicted octanol–water partition coefficient (Wildman–Crippen LogP) is 4.30. The Morgan fingerprint density at radius 2 is 2.11 bits per heavy atom. The average molecular weight is 336 g/mol. The highest BCUT2D eigenvalue weighted by Crippen LogP contribution is 2.39. The lowest BCUT2D eigenvalue weighted by atomic mass is 10.0. The molecule has 1 aliphatic heterocycles. The van der Waals surface area contributed by atoms with Gasteiger partial charge in [-0.2, -0.15) is 0 Å². The summed E-state index contributed by atoms with van der Waals surface area (Å²) in [6.45, 7) is 0.676. The number of hydrogen-bond donors (Lipinski definition) is 1. The van der Waals surface area contributed by atoms with E-state index < -0.39 is 0 Å². The second kappa shape index (κ2) is 5.47. The van der Waals surface area contributed by atoms with Crippen molar-refractivity contribution >= 4 is 33.4 Å². The minimum absolute atomic E-state index is 0.448. The van der Waals surface area contributed by atoms with E-state index >= 15 is 0 Å². The maximum absolute atomic E-state index is 5.94. The van der Waals surface area contributed by atoms with Crippen molar-refractivity contribution in [1.29, 1.82) is 0 Å². The number of nitrogen functional groups attached to an aromatic ring is 1. The molecule has 1 heterocycles. The highest BCUT2D eigenvalue weighted by molar-refractivity contribution is 9.10. The van der Waals surface area contributed by atoms with Crippen LogP contribution in [0.4, 0.5) is 5.69 Å². The first kappa shape index (κ1) is 12.9. The van der Waals surface area contributed by atoms with Gasteiger partial charge in [-0.1, -0.05) is 34.1 Å². The van der Waals surface area contributed by atoms with E-state index in [1.807, 2.05) is 30.0 Å². The van der Waals surface area contributed by atoms with Crippen molar-refractivity contribution in [2.45, 2.75) is 10.8 Å². The molecule has 1 aliphatic rings. The van der Waals surface area contributed by atoms with Gasteiger partial charge < -0.3 is 10.5 Å². The number of thioether (sulfide) groups is 1. The highest BCUT2D eigenvalue weighted by atomic mass is 79.9. The van der Waals surface area contributed by atoms with E-state index in [0.717, 1.165) is 16.0 Å². The summed E-state index contributed by atoms with van der Waals surface area (Å²) in [6.07, 6.45) is 0. The molecule has 19 heavy (non-hydrogen) atoms. The Bertz CT molecular complexity index is 602. The number of ether oxygens (including phenoxy) is 1. The molecule has 3 rings (SSSR count). The number of benzene rings is 2. The summed E-state index contributed by atoms with van der Waals surface area (Å²) < 4.78 is 6.84. The first-order chi connectivity index (χ1) is 9.24. The van der Waals surface area contributed by atoms with Crippen molar-refractivity contribution in [3.8, 4) is 5.75 Å². The number of halogens is 1. The molecule has 0 aliphatic carbocycles. The third-order valence-electron chi connectivity index (χ3n) is 3.21. The van der Waals surface area contributed by atoms with Gasteiger partial charge in [0.25, 0.3) is 0 Å². The second-order valence-electron chi connectivity index (χ2n) is 4.54. The van der Waals surface area contributed by atoms with Gasteiger partial charge in [0.05, 0.1) is 12.3 Å². The van der Waals surface area contributed by atoms with Gasteiger partial charge in [-0.25, -0.2) is 0 Å². The van der Waals surface area contributed by atoms with Gasteiger partial charge in [-0.3, -0.25) is 0 Å². The number of fused-ring (bicyclic) bond motifs is 1. The molecule has 4 heteroatoms. The van der Waals surface area contributed by atoms with E-state index in [2.05, 4.69) is 40.2 Å². The largest absolute Gasteiger partial charge is 0.491 e. The zero-order valence-corrected chi connectivity index (χ0v) is 12.7. The number of hydrogen-bond acceptors (Lipinski definition) is 3. The zero-order chi connectivity index (χ0) is 13.2. The molecule has 0 fully saturated rings. The molecule has 0 radical (unpaired) electrons. The number of nitrogens with two attached hydrogens (primary N) is 1. The summed E-state index contributed by atoms with van der Waals surface area (Å²) in [6, 6.07) is 14.3. The van der Waals surface area contributed by atoms with Crippen LogP contribution in [0.1, 0.15) is 11.5 Å². The van der Waals surface area contributed by atoms with Gasteiger partial charge in [0.15, 0.2) is 0 Å². The van der Waals surface area contributed by atoms with Crippen LogP contribution >= 0.6 is 27.7 Å². The van der Waals surface area contributed by atoms with Crippen LogP contribution in [-0.2, 0) is 0 Å². The predicted molar refractivity (Wildman–Crippen MR) is 84.0 cm³/mol. The van der Waals surface area contributed by atoms with E-state index in [4.69, 9.17) is 10.5 Å². The Morgan fingerprint density at radius 1 is 1.26 bits per heavy atom. The fraction of sp³-hybridized carbons (Fsp3) is 0.200. The van der Waals surface area contributed by atoms with Crippen molar-refractivity contribution < 1.29 is 4.74 Å². The van der Waals surface area contributed by atoms with Crippen molar-refractivity contribution in [3.63, 3.8) is 0 Å². The van der Waals surface area contributed by atoms with E-state index in [1.54, 1.807) is 0 Å². The van der Waals surface area contributed by atoms with Crippen LogP contribution < -0.4 is 10.5 Å². The Labute approximate surface area is 125 Å². The number of rotatable bonds is 3. The van der Waals surface area contributed by atoms with Crippen LogP contribution in [0, 0.1) is 0 Å². The SMILES string of the molecule is Nc1cc(Br)ccc1OCC1CSc2ccccc21. The summed E-state index contributed by atoms with van der Waals surface area (Å²) in [5, 5.41) is 0. The van der Waals surface area contributed by atoms with Crippen LogP contribution in [0.5, 0.6) is 5.75 Å². The Kier molecular flexibility index (Phi) is 3.71. The van der Waals surface area contributed by atoms with E-state index in [-0.39, 0.29) is 0 Å². The molecule has 2 aromatic carbocycles. The van der Waals surface area contributed by atoms with Crippen LogP contribution in [0.25, 0.3) is 0 Å². The molecule has 0 aromatic heterocycles. The summed E-state index contributed by atoms with van der Waals surface area (Å²) in [5.74, 6) is 2.29. The van der Waals surface area contributed by atoms with Crippen LogP contribution in [0.2, 0.25) is 0 Å². The minimum atomic E-state index is 0.448. The van der Waals surface area contributed by atoms with Crippen molar-refractivity contribution in [3.05, 3.63) is 52.5 Å². The van der Waals surface area contributed by atoms with Gasteiger partial charge >= 0.3 is 0 Å². The highest BCUT2D eigenvalue weighted by Gasteiger charge is 2.23. The smallest absolute Gasteiger partial charge is 0.142 e. The molecular weight excluding hydrogens is 322 g/mol. The second-order valence-corrected chi connectivity index (χ2v) is 6.52. The lowest BCUT2D eigenvalue weighted by Crippen LogP contribution is -2.10. The lowest BCUT2D eigenvalue weighted by molar-refractivity contribution is 0.299. The maximum atomic E-state index is 5.94. The van der Waals surface area contributed by atoms with E-state index in [9.17, 15) is 0 Å². The van der Waals surface area contributed by atoms with E-state index in [0.29, 0.717) is 18.2 Å². The standard InChI is InChI=1S/C15H14BrNOS/c16-11-5-6-14(13(17)7-11)18-8-10-9-19-15-4-2-1-3-12(10)15/h1-7,10H,8-9,17H2. The fourth-order valence-corrected chi connectivity index (χ4v) is 3.82. The Hall–Kier alpha value is -1.13. The molecule has 2 nitrogen and oxygen atoms in total. The monoisotopic (exact) mass is 335 g/mol. The molecular formula is C15H14BrNOS. The third-order valence-corrected chi connectivity index (χ3v) is 4.96. The molecule has 98 valence electrons. The van der Waals surface area contributed by atoms with Crippen molar-refractivity contribution in [2.75, 3.05) is 18.1 Å². The van der Waals surface area contributed by atoms with Gasteiger partial charge in [0.1, 0.15) is 5.75 Å². The topological polar surface area (TPSA) is 35.2 Å². The van der Waals surface area contributed by atoms with Crippen molar-refractivity contribution in [1.82, 2.24) is 0 Å². The summed E-state index contributed by atoms with van der Waals surface area (Å²) in [7, 11) is 0. The zero-order valence-electron chi connectivity index (χ0n) is 10.3.